The Bertz CT molecular complexity index is 1140. The quantitative estimate of drug-likeness (QED) is 0.339. The molecule has 0 aromatic heterocycles. The zero-order chi connectivity index (χ0) is 20.2. The highest BCUT2D eigenvalue weighted by Crippen LogP contribution is 2.26. The predicted octanol–water partition coefficient (Wildman–Crippen LogP) is 6.03. The van der Waals surface area contributed by atoms with Crippen LogP contribution < -0.4 is 4.74 Å². The molecule has 29 heavy (non-hydrogen) atoms. The van der Waals surface area contributed by atoms with Gasteiger partial charge in [-0.2, -0.15) is 0 Å². The number of rotatable bonds is 5. The van der Waals surface area contributed by atoms with Crippen LogP contribution in [0.1, 0.15) is 16.7 Å². The van der Waals surface area contributed by atoms with E-state index in [2.05, 4.69) is 20.9 Å². The molecule has 0 aliphatic carbocycles. The molecule has 0 radical (unpaired) electrons. The molecular weight excluding hydrogens is 454 g/mol. The van der Waals surface area contributed by atoms with E-state index in [9.17, 15) is 4.79 Å². The Morgan fingerprint density at radius 2 is 1.86 bits per heavy atom. The van der Waals surface area contributed by atoms with Crippen molar-refractivity contribution < 1.29 is 14.3 Å². The third-order valence-electron chi connectivity index (χ3n) is 4.19. The molecule has 0 bridgehead atoms. The summed E-state index contributed by atoms with van der Waals surface area (Å²) >= 11 is 9.44. The lowest BCUT2D eigenvalue weighted by atomic mass is 10.1. The predicted molar refractivity (Wildman–Crippen MR) is 117 cm³/mol. The molecule has 144 valence electrons. The van der Waals surface area contributed by atoms with E-state index in [1.54, 1.807) is 6.08 Å². The van der Waals surface area contributed by atoms with Crippen molar-refractivity contribution in [1.82, 2.24) is 0 Å². The number of benzene rings is 3. The van der Waals surface area contributed by atoms with Gasteiger partial charge in [-0.3, -0.25) is 0 Å². The number of halogens is 2. The van der Waals surface area contributed by atoms with Crippen LogP contribution in [0.25, 0.3) is 6.08 Å². The number of carbonyl (C=O) groups excluding carboxylic acids is 1. The highest BCUT2D eigenvalue weighted by atomic mass is 79.9. The smallest absolute Gasteiger partial charge is 0.363 e. The number of cyclic esters (lactones) is 1. The lowest BCUT2D eigenvalue weighted by molar-refractivity contribution is -0.129. The second-order valence-corrected chi connectivity index (χ2v) is 7.65. The van der Waals surface area contributed by atoms with Gasteiger partial charge in [0.15, 0.2) is 5.70 Å². The van der Waals surface area contributed by atoms with Crippen LogP contribution in [-0.2, 0) is 16.1 Å². The number of esters is 1. The third kappa shape index (κ3) is 4.75. The fraction of sp³-hybridized carbons (Fsp3) is 0.0435. The molecule has 0 amide bonds. The Hall–Kier alpha value is -2.89. The zero-order valence-electron chi connectivity index (χ0n) is 15.1. The number of hydrogen-bond donors (Lipinski definition) is 0. The molecule has 0 unspecified atom stereocenters. The van der Waals surface area contributed by atoms with Gasteiger partial charge in [-0.15, -0.1) is 0 Å². The number of hydrogen-bond acceptors (Lipinski definition) is 4. The van der Waals surface area contributed by atoms with E-state index < -0.39 is 5.97 Å². The first kappa shape index (κ1) is 19.4. The molecule has 0 saturated carbocycles. The minimum absolute atomic E-state index is 0.221. The van der Waals surface area contributed by atoms with Crippen LogP contribution in [0.2, 0.25) is 5.02 Å². The molecule has 0 fully saturated rings. The summed E-state index contributed by atoms with van der Waals surface area (Å²) in [7, 11) is 0. The summed E-state index contributed by atoms with van der Waals surface area (Å²) in [4.78, 5) is 16.7. The van der Waals surface area contributed by atoms with Crippen LogP contribution in [0.3, 0.4) is 0 Å². The van der Waals surface area contributed by atoms with Crippen molar-refractivity contribution in [2.45, 2.75) is 6.61 Å². The third-order valence-corrected chi connectivity index (χ3v) is 4.92. The van der Waals surface area contributed by atoms with Gasteiger partial charge in [0, 0.05) is 20.6 Å². The molecule has 1 aliphatic heterocycles. The normalized spacial score (nSPS) is 14.6. The Morgan fingerprint density at radius 3 is 2.69 bits per heavy atom. The van der Waals surface area contributed by atoms with Crippen molar-refractivity contribution in [2.75, 3.05) is 0 Å². The summed E-state index contributed by atoms with van der Waals surface area (Å²) in [6.07, 6.45) is 1.67. The molecule has 3 aromatic rings. The Balaban J connectivity index is 1.58. The van der Waals surface area contributed by atoms with Crippen molar-refractivity contribution in [3.63, 3.8) is 0 Å². The summed E-state index contributed by atoms with van der Waals surface area (Å²) in [5.74, 6) is 0.420. The number of nitrogens with zero attached hydrogens (tertiary/aromatic N) is 1. The van der Waals surface area contributed by atoms with E-state index in [0.717, 1.165) is 21.2 Å². The molecule has 4 rings (SSSR count). The summed E-state index contributed by atoms with van der Waals surface area (Å²) < 4.78 is 12.2. The maximum Gasteiger partial charge on any atom is 0.363 e. The first-order chi connectivity index (χ1) is 14.1. The van der Waals surface area contributed by atoms with Crippen LogP contribution >= 0.6 is 27.5 Å². The van der Waals surface area contributed by atoms with Crippen LogP contribution in [0.5, 0.6) is 5.75 Å². The molecule has 4 nitrogen and oxygen atoms in total. The fourth-order valence-electron chi connectivity index (χ4n) is 2.82. The van der Waals surface area contributed by atoms with E-state index in [4.69, 9.17) is 21.1 Å². The molecule has 0 N–H and O–H groups in total. The van der Waals surface area contributed by atoms with Gasteiger partial charge in [-0.1, -0.05) is 63.9 Å². The molecule has 1 heterocycles. The summed E-state index contributed by atoms with van der Waals surface area (Å²) in [5, 5.41) is 0.657. The van der Waals surface area contributed by atoms with E-state index in [0.29, 0.717) is 17.4 Å². The van der Waals surface area contributed by atoms with Gasteiger partial charge >= 0.3 is 5.97 Å². The maximum atomic E-state index is 12.3. The van der Waals surface area contributed by atoms with E-state index in [1.165, 1.54) is 0 Å². The zero-order valence-corrected chi connectivity index (χ0v) is 17.5. The van der Waals surface area contributed by atoms with Crippen molar-refractivity contribution in [1.29, 1.82) is 0 Å². The molecule has 3 aromatic carbocycles. The van der Waals surface area contributed by atoms with E-state index in [-0.39, 0.29) is 11.6 Å². The van der Waals surface area contributed by atoms with E-state index in [1.807, 2.05) is 72.8 Å². The van der Waals surface area contributed by atoms with Gasteiger partial charge < -0.3 is 9.47 Å². The van der Waals surface area contributed by atoms with Gasteiger partial charge in [-0.25, -0.2) is 9.79 Å². The van der Waals surface area contributed by atoms with Crippen LogP contribution in [0.15, 0.2) is 88.0 Å². The van der Waals surface area contributed by atoms with Gasteiger partial charge in [0.1, 0.15) is 12.4 Å². The number of aliphatic imine (C=N–C) groups is 1. The van der Waals surface area contributed by atoms with Gasteiger partial charge in [0.2, 0.25) is 5.90 Å². The molecule has 1 aliphatic rings. The van der Waals surface area contributed by atoms with Crippen molar-refractivity contribution in [3.8, 4) is 5.75 Å². The first-order valence-corrected chi connectivity index (χ1v) is 10.0. The lowest BCUT2D eigenvalue weighted by Gasteiger charge is -2.09. The number of para-hydroxylation sites is 1. The Morgan fingerprint density at radius 1 is 1.03 bits per heavy atom. The van der Waals surface area contributed by atoms with E-state index >= 15 is 0 Å². The maximum absolute atomic E-state index is 12.3. The summed E-state index contributed by atoms with van der Waals surface area (Å²) in [5.41, 5.74) is 2.64. The fourth-order valence-corrected chi connectivity index (χ4v) is 3.43. The first-order valence-electron chi connectivity index (χ1n) is 8.83. The molecule has 0 saturated heterocycles. The largest absolute Gasteiger partial charge is 0.488 e. The highest BCUT2D eigenvalue weighted by molar-refractivity contribution is 9.10. The standard InChI is InChI=1S/C23H15BrClNO3/c24-18-8-4-7-17(12-18)22-26-20(23(27)29-22)13-16-6-1-2-10-21(16)28-14-15-5-3-9-19(25)11-15/h1-13H,14H2/b20-13-. The Labute approximate surface area is 181 Å². The monoisotopic (exact) mass is 467 g/mol. The number of carbonyl (C=O) groups is 1. The SMILES string of the molecule is O=C1OC(c2cccc(Br)c2)=N/C1=C\c1ccccc1OCc1cccc(Cl)c1. The average molecular weight is 469 g/mol. The average Bonchev–Trinajstić information content (AvgIpc) is 3.08. The van der Waals surface area contributed by atoms with Gasteiger partial charge in [0.05, 0.1) is 0 Å². The van der Waals surface area contributed by atoms with Gasteiger partial charge in [-0.05, 0) is 48.0 Å². The van der Waals surface area contributed by atoms with Crippen LogP contribution in [0.4, 0.5) is 0 Å². The second-order valence-electron chi connectivity index (χ2n) is 6.30. The van der Waals surface area contributed by atoms with Crippen molar-refractivity contribution in [2.24, 2.45) is 4.99 Å². The molecule has 0 atom stereocenters. The topological polar surface area (TPSA) is 47.9 Å². The van der Waals surface area contributed by atoms with Crippen molar-refractivity contribution in [3.05, 3.63) is 105 Å². The van der Waals surface area contributed by atoms with Crippen LogP contribution in [-0.4, -0.2) is 11.9 Å². The molecule has 6 heteroatoms. The summed E-state index contributed by atoms with van der Waals surface area (Å²) in [6.45, 7) is 0.359. The van der Waals surface area contributed by atoms with Crippen molar-refractivity contribution >= 4 is 45.5 Å². The minimum Gasteiger partial charge on any atom is -0.488 e. The van der Waals surface area contributed by atoms with Gasteiger partial charge in [0.25, 0.3) is 0 Å². The molecule has 0 spiro atoms. The molecular formula is C23H15BrClNO3. The second kappa shape index (κ2) is 8.64. The lowest BCUT2D eigenvalue weighted by Crippen LogP contribution is -2.05. The number of ether oxygens (including phenoxy) is 2. The summed E-state index contributed by atoms with van der Waals surface area (Å²) in [6, 6.07) is 22.4. The minimum atomic E-state index is -0.496. The highest BCUT2D eigenvalue weighted by Gasteiger charge is 2.24. The Kier molecular flexibility index (Phi) is 5.79. The van der Waals surface area contributed by atoms with Crippen LogP contribution in [0, 0.1) is 0 Å².